The number of carbonyl (C=O) groups is 2. The van der Waals surface area contributed by atoms with Gasteiger partial charge in [0.2, 0.25) is 5.91 Å². The number of rotatable bonds is 4. The first-order valence-corrected chi connectivity index (χ1v) is 7.74. The number of amides is 1. The number of hydrogen-bond acceptors (Lipinski definition) is 3. The molecule has 0 radical (unpaired) electrons. The number of nitrogens with one attached hydrogen (secondary N) is 1. The van der Waals surface area contributed by atoms with Gasteiger partial charge in [-0.05, 0) is 30.9 Å². The van der Waals surface area contributed by atoms with Gasteiger partial charge in [-0.15, -0.1) is 11.8 Å². The molecule has 1 aromatic carbocycles. The predicted octanol–water partition coefficient (Wildman–Crippen LogP) is 2.07. The molecule has 3 rings (SSSR count). The highest BCUT2D eigenvalue weighted by molar-refractivity contribution is 8.01. The molecular formula is C15H17NO3S. The first-order valence-electron chi connectivity index (χ1n) is 6.86. The van der Waals surface area contributed by atoms with Crippen molar-refractivity contribution in [2.75, 3.05) is 6.54 Å². The standard InChI is InChI=1S/C15H17NO3S/c17-13(16-9-15(14(18)19)6-3-7-15)12-8-10-4-1-2-5-11(10)20-12/h1-2,4-5,12H,3,6-9H2,(H,16,17)(H,18,19). The molecule has 1 fully saturated rings. The van der Waals surface area contributed by atoms with Crippen LogP contribution in [0.2, 0.25) is 0 Å². The van der Waals surface area contributed by atoms with Gasteiger partial charge in [-0.1, -0.05) is 24.6 Å². The average Bonchev–Trinajstić information content (AvgIpc) is 2.80. The Morgan fingerprint density at radius 2 is 2.10 bits per heavy atom. The zero-order valence-corrected chi connectivity index (χ0v) is 11.9. The van der Waals surface area contributed by atoms with E-state index in [4.69, 9.17) is 0 Å². The van der Waals surface area contributed by atoms with Crippen LogP contribution in [0, 0.1) is 5.41 Å². The van der Waals surface area contributed by atoms with Crippen molar-refractivity contribution in [2.24, 2.45) is 5.41 Å². The summed E-state index contributed by atoms with van der Waals surface area (Å²) in [4.78, 5) is 24.6. The zero-order chi connectivity index (χ0) is 14.2. The molecule has 0 aromatic heterocycles. The van der Waals surface area contributed by atoms with E-state index in [1.807, 2.05) is 24.3 Å². The number of carboxylic acid groups (broad SMARTS) is 1. The molecule has 1 saturated carbocycles. The highest BCUT2D eigenvalue weighted by Crippen LogP contribution is 2.41. The molecule has 2 N–H and O–H groups in total. The molecule has 5 heteroatoms. The average molecular weight is 291 g/mol. The molecule has 1 heterocycles. The number of thioether (sulfide) groups is 1. The van der Waals surface area contributed by atoms with E-state index in [-0.39, 0.29) is 17.7 Å². The molecule has 1 aromatic rings. The van der Waals surface area contributed by atoms with Gasteiger partial charge in [0.1, 0.15) is 0 Å². The minimum atomic E-state index is -0.786. The SMILES string of the molecule is O=C(NCC1(C(=O)O)CCC1)C1Cc2ccccc2S1. The summed E-state index contributed by atoms with van der Waals surface area (Å²) in [5.41, 5.74) is 0.487. The van der Waals surface area contributed by atoms with Crippen LogP contribution in [0.1, 0.15) is 24.8 Å². The highest BCUT2D eigenvalue weighted by atomic mass is 32.2. The maximum Gasteiger partial charge on any atom is 0.311 e. The van der Waals surface area contributed by atoms with Crippen LogP contribution in [0.25, 0.3) is 0 Å². The van der Waals surface area contributed by atoms with E-state index < -0.39 is 11.4 Å². The molecule has 1 aliphatic carbocycles. The van der Waals surface area contributed by atoms with Crippen molar-refractivity contribution < 1.29 is 14.7 Å². The third-order valence-electron chi connectivity index (χ3n) is 4.30. The van der Waals surface area contributed by atoms with Crippen molar-refractivity contribution in [3.8, 4) is 0 Å². The van der Waals surface area contributed by atoms with Gasteiger partial charge in [-0.2, -0.15) is 0 Å². The molecule has 1 amide bonds. The van der Waals surface area contributed by atoms with Crippen molar-refractivity contribution in [3.05, 3.63) is 29.8 Å². The van der Waals surface area contributed by atoms with Crippen molar-refractivity contribution in [1.82, 2.24) is 5.32 Å². The molecule has 0 spiro atoms. The molecule has 0 bridgehead atoms. The minimum absolute atomic E-state index is 0.0428. The van der Waals surface area contributed by atoms with Crippen LogP contribution in [-0.2, 0) is 16.0 Å². The first-order chi connectivity index (χ1) is 9.61. The van der Waals surface area contributed by atoms with Gasteiger partial charge < -0.3 is 10.4 Å². The predicted molar refractivity (Wildman–Crippen MR) is 76.7 cm³/mol. The van der Waals surface area contributed by atoms with Crippen molar-refractivity contribution in [1.29, 1.82) is 0 Å². The zero-order valence-electron chi connectivity index (χ0n) is 11.1. The first kappa shape index (κ1) is 13.5. The van der Waals surface area contributed by atoms with Gasteiger partial charge in [0, 0.05) is 11.4 Å². The summed E-state index contributed by atoms with van der Waals surface area (Å²) in [6.07, 6.45) is 3.00. The summed E-state index contributed by atoms with van der Waals surface area (Å²) in [6.45, 7) is 0.259. The fraction of sp³-hybridized carbons (Fsp3) is 0.467. The molecule has 106 valence electrons. The second-order valence-corrected chi connectivity index (χ2v) is 6.82. The molecule has 1 unspecified atom stereocenters. The molecule has 2 aliphatic rings. The Bertz CT molecular complexity index is 529. The lowest BCUT2D eigenvalue weighted by atomic mass is 9.69. The van der Waals surface area contributed by atoms with Gasteiger partial charge in [0.05, 0.1) is 10.7 Å². The quantitative estimate of drug-likeness (QED) is 0.891. The molecule has 4 nitrogen and oxygen atoms in total. The van der Waals surface area contributed by atoms with E-state index in [1.54, 1.807) is 11.8 Å². The summed E-state index contributed by atoms with van der Waals surface area (Å²) in [5, 5.41) is 12.0. The Labute approximate surface area is 121 Å². The number of carboxylic acids is 1. The van der Waals surface area contributed by atoms with E-state index in [9.17, 15) is 14.7 Å². The maximum absolute atomic E-state index is 12.2. The lowest BCUT2D eigenvalue weighted by molar-refractivity contribution is -0.154. The van der Waals surface area contributed by atoms with Gasteiger partial charge in [-0.25, -0.2) is 0 Å². The molecule has 1 atom stereocenters. The largest absolute Gasteiger partial charge is 0.481 e. The van der Waals surface area contributed by atoms with Crippen LogP contribution in [0.15, 0.2) is 29.2 Å². The van der Waals surface area contributed by atoms with E-state index in [0.29, 0.717) is 12.8 Å². The summed E-state index contributed by atoms with van der Waals surface area (Å²) < 4.78 is 0. The van der Waals surface area contributed by atoms with Crippen LogP contribution in [0.3, 0.4) is 0 Å². The smallest absolute Gasteiger partial charge is 0.311 e. The molecule has 1 aliphatic heterocycles. The summed E-state index contributed by atoms with van der Waals surface area (Å²) in [5.74, 6) is -0.829. The fourth-order valence-electron chi connectivity index (χ4n) is 2.77. The number of benzene rings is 1. The number of fused-ring (bicyclic) bond motifs is 1. The maximum atomic E-state index is 12.2. The van der Waals surface area contributed by atoms with Crippen LogP contribution >= 0.6 is 11.8 Å². The topological polar surface area (TPSA) is 66.4 Å². The Balaban J connectivity index is 1.58. The molecular weight excluding hydrogens is 274 g/mol. The van der Waals surface area contributed by atoms with Crippen LogP contribution < -0.4 is 5.32 Å². The van der Waals surface area contributed by atoms with Crippen LogP contribution in [0.4, 0.5) is 0 Å². The highest BCUT2D eigenvalue weighted by Gasteiger charge is 2.44. The van der Waals surface area contributed by atoms with Crippen molar-refractivity contribution in [2.45, 2.75) is 35.8 Å². The monoisotopic (exact) mass is 291 g/mol. The summed E-state index contributed by atoms with van der Waals surface area (Å²) in [7, 11) is 0. The summed E-state index contributed by atoms with van der Waals surface area (Å²) >= 11 is 1.57. The normalized spacial score (nSPS) is 22.7. The summed E-state index contributed by atoms with van der Waals surface area (Å²) in [6, 6.07) is 8.02. The van der Waals surface area contributed by atoms with E-state index in [1.165, 1.54) is 5.56 Å². The van der Waals surface area contributed by atoms with Gasteiger partial charge >= 0.3 is 5.97 Å². The van der Waals surface area contributed by atoms with Gasteiger partial charge in [-0.3, -0.25) is 9.59 Å². The third kappa shape index (κ3) is 2.30. The lowest BCUT2D eigenvalue weighted by Crippen LogP contribution is -2.49. The van der Waals surface area contributed by atoms with Gasteiger partial charge in [0.15, 0.2) is 0 Å². The van der Waals surface area contributed by atoms with E-state index in [2.05, 4.69) is 5.32 Å². The van der Waals surface area contributed by atoms with Crippen molar-refractivity contribution >= 4 is 23.6 Å². The Morgan fingerprint density at radius 1 is 1.35 bits per heavy atom. The second kappa shape index (κ2) is 5.13. The molecule has 0 saturated heterocycles. The Kier molecular flexibility index (Phi) is 3.46. The Hall–Kier alpha value is -1.49. The van der Waals surface area contributed by atoms with E-state index >= 15 is 0 Å². The van der Waals surface area contributed by atoms with Crippen LogP contribution in [-0.4, -0.2) is 28.8 Å². The number of aliphatic carboxylic acids is 1. The lowest BCUT2D eigenvalue weighted by Gasteiger charge is -2.37. The van der Waals surface area contributed by atoms with Crippen molar-refractivity contribution in [3.63, 3.8) is 0 Å². The third-order valence-corrected chi connectivity index (χ3v) is 5.62. The second-order valence-electron chi connectivity index (χ2n) is 5.58. The van der Waals surface area contributed by atoms with E-state index in [0.717, 1.165) is 17.7 Å². The minimum Gasteiger partial charge on any atom is -0.481 e. The fourth-order valence-corrected chi connectivity index (χ4v) is 3.99. The number of carbonyl (C=O) groups excluding carboxylic acids is 1. The van der Waals surface area contributed by atoms with Gasteiger partial charge in [0.25, 0.3) is 0 Å². The van der Waals surface area contributed by atoms with Crippen LogP contribution in [0.5, 0.6) is 0 Å². The molecule has 20 heavy (non-hydrogen) atoms. The Morgan fingerprint density at radius 3 is 2.70 bits per heavy atom. The number of hydrogen-bond donors (Lipinski definition) is 2.